The summed E-state index contributed by atoms with van der Waals surface area (Å²) in [5.74, 6) is 0. The summed E-state index contributed by atoms with van der Waals surface area (Å²) in [6.45, 7) is 13.7. The largest absolute Gasteiger partial charge is 0.455 e. The molecule has 2 aliphatic rings. The molecule has 332 valence electrons. The predicted octanol–water partition coefficient (Wildman–Crippen LogP) is 18.2. The Hall–Kier alpha value is -8.72. The van der Waals surface area contributed by atoms with Gasteiger partial charge in [-0.3, -0.25) is 0 Å². The summed E-state index contributed by atoms with van der Waals surface area (Å²) >= 11 is 0. The van der Waals surface area contributed by atoms with Crippen LogP contribution in [-0.2, 0) is 10.8 Å². The maximum atomic E-state index is 7.03. The standard InChI is InChI=1S/C68H49NO/c1-5-51(64-44(2)52-26-14-17-32-60(52)67(64,3)4)46-35-38-49(39-36-46)69(63-34-19-16-29-56(63)57-30-20-31-58-59-41-37-45-21-12-13-27-53(45)65(59)70-66(57)58)50-40-42-55-54-28-15-18-33-61(54)68(62(55)43-50,47-22-8-6-9-23-47)48-24-10-7-11-25-48/h5-43H,1-2H2,3-4H3/b64-51-. The summed E-state index contributed by atoms with van der Waals surface area (Å²) < 4.78 is 7.03. The molecule has 0 saturated carbocycles. The fourth-order valence-electron chi connectivity index (χ4n) is 12.2. The molecule has 0 saturated heterocycles. The van der Waals surface area contributed by atoms with Gasteiger partial charge in [0.2, 0.25) is 0 Å². The Morgan fingerprint density at radius 3 is 1.76 bits per heavy atom. The van der Waals surface area contributed by atoms with Crippen molar-refractivity contribution in [1.82, 2.24) is 0 Å². The Morgan fingerprint density at radius 2 is 1.03 bits per heavy atom. The van der Waals surface area contributed by atoms with Gasteiger partial charge in [-0.2, -0.15) is 0 Å². The highest BCUT2D eigenvalue weighted by atomic mass is 16.3. The highest BCUT2D eigenvalue weighted by Crippen LogP contribution is 2.58. The SMILES string of the molecule is C=C/C(=C1\C(=C)c2ccccc2C1(C)C)c1ccc(N(c2ccc3c(c2)C(c2ccccc2)(c2ccccc2)c2ccccc2-3)c2ccccc2-c2cccc3c2oc2c4ccccc4ccc32)cc1. The van der Waals surface area contributed by atoms with Gasteiger partial charge in [0.05, 0.1) is 11.1 Å². The normalized spacial score (nSPS) is 14.9. The number of allylic oxidation sites excluding steroid dienone is 4. The van der Waals surface area contributed by atoms with Crippen LogP contribution in [0.5, 0.6) is 0 Å². The van der Waals surface area contributed by atoms with Crippen LogP contribution in [0.3, 0.4) is 0 Å². The quantitative estimate of drug-likeness (QED) is 0.151. The monoisotopic (exact) mass is 895 g/mol. The van der Waals surface area contributed by atoms with Gasteiger partial charge in [0.25, 0.3) is 0 Å². The molecule has 2 aliphatic carbocycles. The summed E-state index contributed by atoms with van der Waals surface area (Å²) in [6.07, 6.45) is 2.01. The van der Waals surface area contributed by atoms with E-state index in [4.69, 9.17) is 4.42 Å². The van der Waals surface area contributed by atoms with E-state index < -0.39 is 5.41 Å². The molecule has 0 fully saturated rings. The van der Waals surface area contributed by atoms with Crippen LogP contribution >= 0.6 is 0 Å². The van der Waals surface area contributed by atoms with Crippen molar-refractivity contribution in [2.45, 2.75) is 24.7 Å². The first-order valence-electron chi connectivity index (χ1n) is 24.2. The number of para-hydroxylation sites is 2. The zero-order chi connectivity index (χ0) is 47.1. The smallest absolute Gasteiger partial charge is 0.143 e. The van der Waals surface area contributed by atoms with Crippen molar-refractivity contribution in [2.75, 3.05) is 4.90 Å². The van der Waals surface area contributed by atoms with E-state index in [-0.39, 0.29) is 5.41 Å². The second-order valence-corrected chi connectivity index (χ2v) is 19.2. The lowest BCUT2D eigenvalue weighted by molar-refractivity contribution is 0.663. The number of hydrogen-bond donors (Lipinski definition) is 0. The third-order valence-electron chi connectivity index (χ3n) is 15.3. The molecule has 2 heteroatoms. The van der Waals surface area contributed by atoms with Crippen molar-refractivity contribution in [2.24, 2.45) is 0 Å². The fourth-order valence-corrected chi connectivity index (χ4v) is 12.2. The van der Waals surface area contributed by atoms with Gasteiger partial charge < -0.3 is 9.32 Å². The molecule has 0 spiro atoms. The van der Waals surface area contributed by atoms with E-state index in [0.29, 0.717) is 0 Å². The Labute approximate surface area is 409 Å². The van der Waals surface area contributed by atoms with E-state index >= 15 is 0 Å². The van der Waals surface area contributed by atoms with Gasteiger partial charge in [0.15, 0.2) is 0 Å². The average molecular weight is 896 g/mol. The van der Waals surface area contributed by atoms with Gasteiger partial charge in [-0.05, 0) is 109 Å². The predicted molar refractivity (Wildman–Crippen MR) is 294 cm³/mol. The van der Waals surface area contributed by atoms with Crippen molar-refractivity contribution in [1.29, 1.82) is 0 Å². The molecule has 0 N–H and O–H groups in total. The van der Waals surface area contributed by atoms with Crippen molar-refractivity contribution in [3.63, 3.8) is 0 Å². The van der Waals surface area contributed by atoms with Crippen molar-refractivity contribution < 1.29 is 4.42 Å². The lowest BCUT2D eigenvalue weighted by atomic mass is 9.67. The van der Waals surface area contributed by atoms with Crippen LogP contribution < -0.4 is 4.90 Å². The number of furan rings is 1. The topological polar surface area (TPSA) is 16.4 Å². The molecule has 13 rings (SSSR count). The van der Waals surface area contributed by atoms with E-state index in [1.165, 1.54) is 50.1 Å². The number of fused-ring (bicyclic) bond motifs is 9. The Kier molecular flexibility index (Phi) is 9.44. The van der Waals surface area contributed by atoms with Gasteiger partial charge >= 0.3 is 0 Å². The number of benzene rings is 10. The molecule has 0 radical (unpaired) electrons. The summed E-state index contributed by atoms with van der Waals surface area (Å²) in [5, 5.41) is 4.48. The number of hydrogen-bond acceptors (Lipinski definition) is 2. The lowest BCUT2D eigenvalue weighted by Crippen LogP contribution is -2.28. The molecule has 0 bridgehead atoms. The molecule has 2 nitrogen and oxygen atoms in total. The second-order valence-electron chi connectivity index (χ2n) is 19.2. The lowest BCUT2D eigenvalue weighted by Gasteiger charge is -2.35. The number of nitrogens with zero attached hydrogens (tertiary/aromatic N) is 1. The van der Waals surface area contributed by atoms with Crippen LogP contribution in [0, 0.1) is 0 Å². The third-order valence-corrected chi connectivity index (χ3v) is 15.3. The van der Waals surface area contributed by atoms with Crippen LogP contribution in [0.25, 0.3) is 66.1 Å². The fraction of sp³-hybridized carbons (Fsp3) is 0.0588. The molecular formula is C68H49NO. The maximum absolute atomic E-state index is 7.03. The summed E-state index contributed by atoms with van der Waals surface area (Å²) in [6, 6.07) is 84.1. The third kappa shape index (κ3) is 5.99. The van der Waals surface area contributed by atoms with Crippen molar-refractivity contribution >= 4 is 60.9 Å². The summed E-state index contributed by atoms with van der Waals surface area (Å²) in [5.41, 5.74) is 20.6. The minimum absolute atomic E-state index is 0.239. The van der Waals surface area contributed by atoms with Gasteiger partial charge in [0.1, 0.15) is 11.2 Å². The average Bonchev–Trinajstić information content (AvgIpc) is 4.01. The van der Waals surface area contributed by atoms with E-state index in [2.05, 4.69) is 262 Å². The molecule has 0 aliphatic heterocycles. The number of rotatable bonds is 8. The Bertz CT molecular complexity index is 3900. The van der Waals surface area contributed by atoms with Gasteiger partial charge in [-0.25, -0.2) is 0 Å². The molecule has 0 amide bonds. The molecule has 0 atom stereocenters. The molecule has 11 aromatic rings. The van der Waals surface area contributed by atoms with E-state index in [9.17, 15) is 0 Å². The first-order chi connectivity index (χ1) is 34.4. The number of anilines is 3. The van der Waals surface area contributed by atoms with Crippen LogP contribution in [0.4, 0.5) is 17.1 Å². The molecule has 70 heavy (non-hydrogen) atoms. The molecule has 0 unspecified atom stereocenters. The van der Waals surface area contributed by atoms with E-state index in [1.807, 2.05) is 6.08 Å². The minimum Gasteiger partial charge on any atom is -0.455 e. The Morgan fingerprint density at radius 1 is 0.457 bits per heavy atom. The minimum atomic E-state index is -0.568. The van der Waals surface area contributed by atoms with E-state index in [1.54, 1.807) is 0 Å². The van der Waals surface area contributed by atoms with Crippen LogP contribution in [0.1, 0.15) is 52.8 Å². The molecular weight excluding hydrogens is 847 g/mol. The zero-order valence-corrected chi connectivity index (χ0v) is 39.3. The zero-order valence-electron chi connectivity index (χ0n) is 39.3. The Balaban J connectivity index is 1.05. The van der Waals surface area contributed by atoms with Crippen LogP contribution in [0.15, 0.2) is 260 Å². The highest BCUT2D eigenvalue weighted by molar-refractivity contribution is 6.17. The van der Waals surface area contributed by atoms with Gasteiger partial charge in [-0.1, -0.05) is 227 Å². The summed E-state index contributed by atoms with van der Waals surface area (Å²) in [7, 11) is 0. The van der Waals surface area contributed by atoms with Gasteiger partial charge in [-0.15, -0.1) is 0 Å². The van der Waals surface area contributed by atoms with Crippen molar-refractivity contribution in [3.05, 3.63) is 294 Å². The first-order valence-corrected chi connectivity index (χ1v) is 24.2. The van der Waals surface area contributed by atoms with Crippen LogP contribution in [-0.4, -0.2) is 0 Å². The summed E-state index contributed by atoms with van der Waals surface area (Å²) in [4.78, 5) is 2.44. The molecule has 10 aromatic carbocycles. The second kappa shape index (κ2) is 15.9. The first kappa shape index (κ1) is 41.5. The maximum Gasteiger partial charge on any atom is 0.143 e. The van der Waals surface area contributed by atoms with Crippen molar-refractivity contribution in [3.8, 4) is 22.3 Å². The molecule has 1 aromatic heterocycles. The van der Waals surface area contributed by atoms with Crippen LogP contribution in [0.2, 0.25) is 0 Å². The molecule has 1 heterocycles. The van der Waals surface area contributed by atoms with E-state index in [0.717, 1.165) is 77.6 Å². The van der Waals surface area contributed by atoms with Gasteiger partial charge in [0, 0.05) is 44.1 Å². The highest BCUT2D eigenvalue weighted by Gasteiger charge is 2.46.